The molecule has 0 saturated carbocycles. The van der Waals surface area contributed by atoms with Crippen LogP contribution in [0.1, 0.15) is 47.1 Å². The van der Waals surface area contributed by atoms with Gasteiger partial charge in [0.2, 0.25) is 0 Å². The van der Waals surface area contributed by atoms with Crippen LogP contribution in [0.15, 0.2) is 29.4 Å². The topological polar surface area (TPSA) is 65.0 Å². The summed E-state index contributed by atoms with van der Waals surface area (Å²) in [4.78, 5) is 0. The molecule has 0 amide bonds. The zero-order valence-corrected chi connectivity index (χ0v) is 19.3. The molecule has 0 unspecified atom stereocenters. The molecule has 0 radical (unpaired) electrons. The zero-order chi connectivity index (χ0) is 20.8. The van der Waals surface area contributed by atoms with Gasteiger partial charge in [-0.05, 0) is 46.8 Å². The number of ether oxygens (including phenoxy) is 1. The molecule has 1 aromatic carbocycles. The van der Waals surface area contributed by atoms with Gasteiger partial charge in [0, 0.05) is 5.56 Å². The smallest absolute Gasteiger partial charge is 0.325 e. The van der Waals surface area contributed by atoms with Crippen molar-refractivity contribution >= 4 is 23.9 Å². The molecule has 0 aliphatic heterocycles. The van der Waals surface area contributed by atoms with E-state index in [0.29, 0.717) is 33.6 Å². The Hall–Kier alpha value is -1.78. The van der Waals surface area contributed by atoms with Gasteiger partial charge in [-0.15, -0.1) is 5.54 Å². The van der Waals surface area contributed by atoms with E-state index in [9.17, 15) is 8.42 Å². The van der Waals surface area contributed by atoms with Gasteiger partial charge in [0.05, 0.1) is 13.4 Å². The van der Waals surface area contributed by atoms with Gasteiger partial charge >= 0.3 is 10.1 Å². The monoisotopic (exact) mass is 409 g/mol. The molecule has 0 aromatic heterocycles. The van der Waals surface area contributed by atoms with E-state index < -0.39 is 18.2 Å². The standard InChI is InChI=1S/C20H31NO4SSi/c1-15(2)27(16(3)4,17(5)6)14-13-20(21-25-26(8,22)23)18-9-11-19(24-7)12-10-18/h9-12,15-17H,1-8H3/b21-20+. The highest BCUT2D eigenvalue weighted by molar-refractivity contribution is 7.85. The van der Waals surface area contributed by atoms with Crippen molar-refractivity contribution in [2.75, 3.05) is 13.4 Å². The molecular weight excluding hydrogens is 378 g/mol. The molecule has 1 aromatic rings. The van der Waals surface area contributed by atoms with E-state index in [-0.39, 0.29) is 0 Å². The van der Waals surface area contributed by atoms with Gasteiger partial charge in [-0.3, -0.25) is 4.28 Å². The van der Waals surface area contributed by atoms with Crippen LogP contribution in [0, 0.1) is 11.5 Å². The van der Waals surface area contributed by atoms with Crippen LogP contribution in [-0.4, -0.2) is 35.6 Å². The Kier molecular flexibility index (Phi) is 8.12. The molecule has 0 fully saturated rings. The molecule has 0 saturated heterocycles. The Morgan fingerprint density at radius 3 is 1.85 bits per heavy atom. The van der Waals surface area contributed by atoms with Crippen molar-refractivity contribution in [3.8, 4) is 17.2 Å². The van der Waals surface area contributed by atoms with Crippen molar-refractivity contribution in [1.82, 2.24) is 0 Å². The van der Waals surface area contributed by atoms with Crippen molar-refractivity contribution in [2.45, 2.75) is 58.2 Å². The van der Waals surface area contributed by atoms with Gasteiger partial charge in [0.1, 0.15) is 13.8 Å². The summed E-state index contributed by atoms with van der Waals surface area (Å²) in [7, 11) is -4.11. The number of hydrogen-bond donors (Lipinski definition) is 0. The largest absolute Gasteiger partial charge is 0.497 e. The molecule has 0 bridgehead atoms. The van der Waals surface area contributed by atoms with Crippen LogP contribution in [0.3, 0.4) is 0 Å². The maximum absolute atomic E-state index is 11.4. The summed E-state index contributed by atoms with van der Waals surface area (Å²) >= 11 is 0. The molecule has 7 heteroatoms. The molecule has 150 valence electrons. The van der Waals surface area contributed by atoms with E-state index in [1.165, 1.54) is 0 Å². The average Bonchev–Trinajstić information content (AvgIpc) is 2.56. The summed E-state index contributed by atoms with van der Waals surface area (Å²) in [6.45, 7) is 13.3. The van der Waals surface area contributed by atoms with Crippen LogP contribution < -0.4 is 4.74 Å². The normalized spacial score (nSPS) is 12.9. The Morgan fingerprint density at radius 1 is 1.00 bits per heavy atom. The molecular formula is C20H31NO4SSi. The first kappa shape index (κ1) is 23.3. The number of nitrogens with zero attached hydrogens (tertiary/aromatic N) is 1. The molecule has 0 atom stereocenters. The number of benzene rings is 1. The van der Waals surface area contributed by atoms with Crippen LogP contribution in [0.2, 0.25) is 16.6 Å². The zero-order valence-electron chi connectivity index (χ0n) is 17.5. The highest BCUT2D eigenvalue weighted by atomic mass is 32.2. The Bertz CT molecular complexity index is 794. The molecule has 0 aliphatic carbocycles. The maximum atomic E-state index is 11.4. The Balaban J connectivity index is 3.50. The lowest BCUT2D eigenvalue weighted by Crippen LogP contribution is -2.43. The van der Waals surface area contributed by atoms with Crippen molar-refractivity contribution in [1.29, 1.82) is 0 Å². The highest BCUT2D eigenvalue weighted by Crippen LogP contribution is 2.40. The fraction of sp³-hybridized carbons (Fsp3) is 0.550. The quantitative estimate of drug-likeness (QED) is 0.286. The number of methoxy groups -OCH3 is 1. The van der Waals surface area contributed by atoms with Gasteiger partial charge in [-0.25, -0.2) is 0 Å². The molecule has 0 aliphatic rings. The van der Waals surface area contributed by atoms with Gasteiger partial charge in [0.25, 0.3) is 0 Å². The lowest BCUT2D eigenvalue weighted by molar-refractivity contribution is 0.344. The molecule has 0 spiro atoms. The second-order valence-electron chi connectivity index (χ2n) is 7.59. The van der Waals surface area contributed by atoms with Crippen molar-refractivity contribution in [3.63, 3.8) is 0 Å². The minimum absolute atomic E-state index is 0.307. The summed E-state index contributed by atoms with van der Waals surface area (Å²) in [5.41, 5.74) is 5.91. The molecule has 27 heavy (non-hydrogen) atoms. The van der Waals surface area contributed by atoms with Crippen LogP contribution in [0.25, 0.3) is 0 Å². The van der Waals surface area contributed by atoms with Crippen molar-refractivity contribution in [2.24, 2.45) is 5.16 Å². The summed E-state index contributed by atoms with van der Waals surface area (Å²) in [5.74, 6) is 3.86. The fourth-order valence-corrected chi connectivity index (χ4v) is 9.01. The lowest BCUT2D eigenvalue weighted by atomic mass is 10.1. The van der Waals surface area contributed by atoms with Crippen LogP contribution in [0.5, 0.6) is 5.75 Å². The van der Waals surface area contributed by atoms with Crippen LogP contribution in [0.4, 0.5) is 0 Å². The Labute approximate surface area is 165 Å². The van der Waals surface area contributed by atoms with Gasteiger partial charge in [0.15, 0.2) is 5.71 Å². The van der Waals surface area contributed by atoms with E-state index in [2.05, 4.69) is 58.2 Å². The van der Waals surface area contributed by atoms with Crippen LogP contribution >= 0.6 is 0 Å². The highest BCUT2D eigenvalue weighted by Gasteiger charge is 2.41. The van der Waals surface area contributed by atoms with E-state index in [1.54, 1.807) is 31.4 Å². The van der Waals surface area contributed by atoms with E-state index >= 15 is 0 Å². The SMILES string of the molecule is COc1ccc(/C(C#C[Si](C(C)C)(C(C)C)C(C)C)=N/OS(C)(=O)=O)cc1. The third kappa shape index (κ3) is 6.11. The number of oxime groups is 1. The third-order valence-corrected chi connectivity index (χ3v) is 11.5. The second kappa shape index (κ2) is 9.42. The first-order valence-electron chi connectivity index (χ1n) is 9.08. The summed E-state index contributed by atoms with van der Waals surface area (Å²) < 4.78 is 32.7. The third-order valence-electron chi connectivity index (χ3n) is 4.89. The summed E-state index contributed by atoms with van der Waals surface area (Å²) in [6, 6.07) is 7.15. The fourth-order valence-electron chi connectivity index (χ4n) is 3.60. The van der Waals surface area contributed by atoms with E-state index in [1.807, 2.05) is 0 Å². The molecule has 5 nitrogen and oxygen atoms in total. The second-order valence-corrected chi connectivity index (χ2v) is 14.7. The molecule has 0 N–H and O–H groups in total. The molecule has 1 rings (SSSR count). The predicted molar refractivity (Wildman–Crippen MR) is 114 cm³/mol. The van der Waals surface area contributed by atoms with E-state index in [4.69, 9.17) is 9.02 Å². The first-order valence-corrected chi connectivity index (χ1v) is 13.1. The van der Waals surface area contributed by atoms with Gasteiger partial charge in [-0.1, -0.05) is 46.7 Å². The van der Waals surface area contributed by atoms with E-state index in [0.717, 1.165) is 6.26 Å². The van der Waals surface area contributed by atoms with Crippen molar-refractivity contribution < 1.29 is 17.4 Å². The number of rotatable bonds is 7. The van der Waals surface area contributed by atoms with Crippen molar-refractivity contribution in [3.05, 3.63) is 29.8 Å². The van der Waals surface area contributed by atoms with Gasteiger partial charge in [-0.2, -0.15) is 8.42 Å². The Morgan fingerprint density at radius 2 is 1.48 bits per heavy atom. The van der Waals surface area contributed by atoms with Crippen LogP contribution in [-0.2, 0) is 14.4 Å². The minimum atomic E-state index is -3.71. The summed E-state index contributed by atoms with van der Waals surface area (Å²) in [5, 5.41) is 3.84. The predicted octanol–water partition coefficient (Wildman–Crippen LogP) is 4.60. The number of hydrogen-bond acceptors (Lipinski definition) is 5. The first-order chi connectivity index (χ1) is 12.4. The minimum Gasteiger partial charge on any atom is -0.497 e. The lowest BCUT2D eigenvalue weighted by Gasteiger charge is -2.38. The average molecular weight is 410 g/mol. The van der Waals surface area contributed by atoms with Gasteiger partial charge < -0.3 is 4.74 Å². The molecule has 0 heterocycles. The summed E-state index contributed by atoms with van der Waals surface area (Å²) in [6.07, 6.45) is 0.963. The maximum Gasteiger partial charge on any atom is 0.325 e.